The van der Waals surface area contributed by atoms with Crippen molar-refractivity contribution in [3.8, 4) is 0 Å². The second-order valence-corrected chi connectivity index (χ2v) is 4.00. The Morgan fingerprint density at radius 3 is 2.93 bits per heavy atom. The summed E-state index contributed by atoms with van der Waals surface area (Å²) in [6, 6.07) is 1.89. The highest BCUT2D eigenvalue weighted by molar-refractivity contribution is 5.79. The number of hydrogen-bond acceptors (Lipinski definition) is 3. The van der Waals surface area contributed by atoms with Gasteiger partial charge < -0.3 is 5.32 Å². The first-order valence-corrected chi connectivity index (χ1v) is 5.31. The van der Waals surface area contributed by atoms with E-state index in [2.05, 4.69) is 15.3 Å². The molecule has 80 valence electrons. The molecule has 2 rings (SSSR count). The van der Waals surface area contributed by atoms with Crippen LogP contribution in [-0.2, 0) is 11.3 Å². The molecule has 15 heavy (non-hydrogen) atoms. The molecule has 1 amide bonds. The summed E-state index contributed by atoms with van der Waals surface area (Å²) in [5.74, 6) is 0.408. The van der Waals surface area contributed by atoms with Gasteiger partial charge >= 0.3 is 0 Å². The van der Waals surface area contributed by atoms with E-state index in [4.69, 9.17) is 0 Å². The molecule has 0 bridgehead atoms. The van der Waals surface area contributed by atoms with Crippen molar-refractivity contribution in [2.24, 2.45) is 5.92 Å². The third kappa shape index (κ3) is 2.52. The number of aryl methyl sites for hydroxylation is 1. The van der Waals surface area contributed by atoms with E-state index in [-0.39, 0.29) is 11.8 Å². The standard InChI is InChI=1S/C11H15N3O/c1-8-5-10(14-7-13-8)6-12-11(15)9-3-2-4-9/h5,7,9H,2-4,6H2,1H3,(H,12,15). The molecule has 1 N–H and O–H groups in total. The predicted molar refractivity (Wildman–Crippen MR) is 56.0 cm³/mol. The summed E-state index contributed by atoms with van der Waals surface area (Å²) in [5, 5.41) is 2.90. The highest BCUT2D eigenvalue weighted by Crippen LogP contribution is 2.26. The van der Waals surface area contributed by atoms with E-state index >= 15 is 0 Å². The normalized spacial score (nSPS) is 15.8. The Labute approximate surface area is 89.1 Å². The number of nitrogens with zero attached hydrogens (tertiary/aromatic N) is 2. The van der Waals surface area contributed by atoms with E-state index in [9.17, 15) is 4.79 Å². The van der Waals surface area contributed by atoms with Crippen molar-refractivity contribution < 1.29 is 4.79 Å². The molecule has 1 aromatic rings. The van der Waals surface area contributed by atoms with Gasteiger partial charge in [-0.05, 0) is 25.8 Å². The summed E-state index contributed by atoms with van der Waals surface area (Å²) in [6.45, 7) is 2.43. The minimum atomic E-state index is 0.164. The smallest absolute Gasteiger partial charge is 0.223 e. The van der Waals surface area contributed by atoms with Crippen molar-refractivity contribution in [1.29, 1.82) is 0 Å². The first kappa shape index (κ1) is 10.1. The number of amides is 1. The second kappa shape index (κ2) is 4.38. The summed E-state index contributed by atoms with van der Waals surface area (Å²) in [5.41, 5.74) is 1.80. The average Bonchev–Trinajstić information content (AvgIpc) is 2.12. The van der Waals surface area contributed by atoms with Crippen LogP contribution in [0.3, 0.4) is 0 Å². The van der Waals surface area contributed by atoms with Crippen LogP contribution in [0.25, 0.3) is 0 Å². The van der Waals surface area contributed by atoms with E-state index in [0.29, 0.717) is 6.54 Å². The van der Waals surface area contributed by atoms with Crippen LogP contribution in [0, 0.1) is 12.8 Å². The van der Waals surface area contributed by atoms with E-state index in [1.807, 2.05) is 13.0 Å². The topological polar surface area (TPSA) is 54.9 Å². The second-order valence-electron chi connectivity index (χ2n) is 4.00. The molecule has 0 radical (unpaired) electrons. The Kier molecular flexibility index (Phi) is 2.94. The molecule has 1 aromatic heterocycles. The summed E-state index contributed by atoms with van der Waals surface area (Å²) in [4.78, 5) is 19.6. The van der Waals surface area contributed by atoms with Gasteiger partial charge in [0, 0.05) is 11.6 Å². The molecule has 1 fully saturated rings. The van der Waals surface area contributed by atoms with Gasteiger partial charge in [-0.2, -0.15) is 0 Å². The van der Waals surface area contributed by atoms with E-state index < -0.39 is 0 Å². The van der Waals surface area contributed by atoms with Crippen LogP contribution in [-0.4, -0.2) is 15.9 Å². The highest BCUT2D eigenvalue weighted by Gasteiger charge is 2.24. The van der Waals surface area contributed by atoms with Crippen molar-refractivity contribution in [3.05, 3.63) is 23.8 Å². The third-order valence-corrected chi connectivity index (χ3v) is 2.78. The lowest BCUT2D eigenvalue weighted by Gasteiger charge is -2.23. The Hall–Kier alpha value is -1.45. The summed E-state index contributed by atoms with van der Waals surface area (Å²) in [7, 11) is 0. The third-order valence-electron chi connectivity index (χ3n) is 2.78. The van der Waals surface area contributed by atoms with Gasteiger partial charge in [-0.1, -0.05) is 6.42 Å². The number of carbonyl (C=O) groups excluding carboxylic acids is 1. The van der Waals surface area contributed by atoms with Gasteiger partial charge in [-0.3, -0.25) is 4.79 Å². The number of rotatable bonds is 3. The first-order chi connectivity index (χ1) is 7.25. The average molecular weight is 205 g/mol. The number of hydrogen-bond donors (Lipinski definition) is 1. The minimum absolute atomic E-state index is 0.164. The number of nitrogens with one attached hydrogen (secondary N) is 1. The maximum atomic E-state index is 11.5. The summed E-state index contributed by atoms with van der Waals surface area (Å²) < 4.78 is 0. The molecule has 0 atom stereocenters. The quantitative estimate of drug-likeness (QED) is 0.806. The van der Waals surface area contributed by atoms with Gasteiger partial charge in [0.1, 0.15) is 6.33 Å². The Morgan fingerprint density at radius 2 is 2.33 bits per heavy atom. The molecule has 4 nitrogen and oxygen atoms in total. The fourth-order valence-electron chi connectivity index (χ4n) is 1.60. The molecule has 1 saturated carbocycles. The van der Waals surface area contributed by atoms with Crippen molar-refractivity contribution in [2.75, 3.05) is 0 Å². The molecule has 1 heterocycles. The fourth-order valence-corrected chi connectivity index (χ4v) is 1.60. The molecule has 0 saturated heterocycles. The molecule has 0 aromatic carbocycles. The molecule has 1 aliphatic carbocycles. The van der Waals surface area contributed by atoms with E-state index in [0.717, 1.165) is 24.2 Å². The summed E-state index contributed by atoms with van der Waals surface area (Å²) >= 11 is 0. The Bertz CT molecular complexity index is 361. The van der Waals surface area contributed by atoms with E-state index in [1.54, 1.807) is 0 Å². The minimum Gasteiger partial charge on any atom is -0.350 e. The van der Waals surface area contributed by atoms with Gasteiger partial charge in [-0.25, -0.2) is 9.97 Å². The maximum absolute atomic E-state index is 11.5. The van der Waals surface area contributed by atoms with Crippen molar-refractivity contribution in [3.63, 3.8) is 0 Å². The van der Waals surface area contributed by atoms with E-state index in [1.165, 1.54) is 12.7 Å². The monoisotopic (exact) mass is 205 g/mol. The lowest BCUT2D eigenvalue weighted by atomic mass is 9.85. The van der Waals surface area contributed by atoms with Crippen LogP contribution in [0.15, 0.2) is 12.4 Å². The maximum Gasteiger partial charge on any atom is 0.223 e. The summed E-state index contributed by atoms with van der Waals surface area (Å²) in [6.07, 6.45) is 4.79. The van der Waals surface area contributed by atoms with Gasteiger partial charge in [0.05, 0.1) is 12.2 Å². The zero-order valence-electron chi connectivity index (χ0n) is 8.86. The molecular formula is C11H15N3O. The van der Waals surface area contributed by atoms with Gasteiger partial charge in [-0.15, -0.1) is 0 Å². The molecule has 0 spiro atoms. The van der Waals surface area contributed by atoms with Crippen LogP contribution in [0.4, 0.5) is 0 Å². The van der Waals surface area contributed by atoms with Gasteiger partial charge in [0.2, 0.25) is 5.91 Å². The van der Waals surface area contributed by atoms with Crippen LogP contribution in [0.1, 0.15) is 30.7 Å². The SMILES string of the molecule is Cc1cc(CNC(=O)C2CCC2)ncn1. The molecular weight excluding hydrogens is 190 g/mol. The molecule has 0 aliphatic heterocycles. The van der Waals surface area contributed by atoms with Crippen molar-refractivity contribution in [1.82, 2.24) is 15.3 Å². The number of aromatic nitrogens is 2. The molecule has 0 unspecified atom stereocenters. The molecule has 1 aliphatic rings. The Balaban J connectivity index is 1.84. The van der Waals surface area contributed by atoms with Crippen molar-refractivity contribution >= 4 is 5.91 Å². The number of carbonyl (C=O) groups is 1. The largest absolute Gasteiger partial charge is 0.350 e. The lowest BCUT2D eigenvalue weighted by molar-refractivity contribution is -0.127. The van der Waals surface area contributed by atoms with Crippen molar-refractivity contribution in [2.45, 2.75) is 32.7 Å². The van der Waals surface area contributed by atoms with Gasteiger partial charge in [0.15, 0.2) is 0 Å². The Morgan fingerprint density at radius 1 is 1.53 bits per heavy atom. The van der Waals surface area contributed by atoms with Gasteiger partial charge in [0.25, 0.3) is 0 Å². The fraction of sp³-hybridized carbons (Fsp3) is 0.545. The predicted octanol–water partition coefficient (Wildman–Crippen LogP) is 1.20. The highest BCUT2D eigenvalue weighted by atomic mass is 16.1. The zero-order chi connectivity index (χ0) is 10.7. The zero-order valence-corrected chi connectivity index (χ0v) is 8.86. The van der Waals surface area contributed by atoms with Crippen LogP contribution in [0.5, 0.6) is 0 Å². The first-order valence-electron chi connectivity index (χ1n) is 5.31. The molecule has 4 heteroatoms. The van der Waals surface area contributed by atoms with Crippen LogP contribution >= 0.6 is 0 Å². The lowest BCUT2D eigenvalue weighted by Crippen LogP contribution is -2.34. The van der Waals surface area contributed by atoms with Crippen LogP contribution in [0.2, 0.25) is 0 Å². The van der Waals surface area contributed by atoms with Crippen LogP contribution < -0.4 is 5.32 Å².